The molecule has 0 bridgehead atoms. The van der Waals surface area contributed by atoms with E-state index in [-0.39, 0.29) is 5.69 Å². The standard InChI is InChI=1S/C13H18FNO2/c1-5-9-6-7-10(14)11(8-9)15-12(16)17-13(2,3)4/h6-8H,5H2,1-4H3,(H,15,16). The van der Waals surface area contributed by atoms with E-state index in [0.29, 0.717) is 0 Å². The van der Waals surface area contributed by atoms with Crippen LogP contribution in [0, 0.1) is 5.82 Å². The van der Waals surface area contributed by atoms with Crippen LogP contribution in [-0.4, -0.2) is 11.7 Å². The molecule has 0 unspecified atom stereocenters. The van der Waals surface area contributed by atoms with Gasteiger partial charge in [0.2, 0.25) is 0 Å². The van der Waals surface area contributed by atoms with E-state index in [1.807, 2.05) is 6.92 Å². The Kier molecular flexibility index (Phi) is 4.10. The summed E-state index contributed by atoms with van der Waals surface area (Å²) in [4.78, 5) is 11.5. The highest BCUT2D eigenvalue weighted by molar-refractivity contribution is 5.85. The van der Waals surface area contributed by atoms with Gasteiger partial charge in [0.25, 0.3) is 0 Å². The number of aryl methyl sites for hydroxylation is 1. The number of amides is 1. The summed E-state index contributed by atoms with van der Waals surface area (Å²) >= 11 is 0. The lowest BCUT2D eigenvalue weighted by atomic mass is 10.1. The SMILES string of the molecule is CCc1ccc(F)c(NC(=O)OC(C)(C)C)c1. The number of nitrogens with one attached hydrogen (secondary N) is 1. The largest absolute Gasteiger partial charge is 0.444 e. The molecule has 0 aliphatic carbocycles. The third-order valence-electron chi connectivity index (χ3n) is 2.07. The molecule has 0 atom stereocenters. The Hall–Kier alpha value is -1.58. The van der Waals surface area contributed by atoms with Gasteiger partial charge in [-0.15, -0.1) is 0 Å². The topological polar surface area (TPSA) is 38.3 Å². The van der Waals surface area contributed by atoms with E-state index in [0.717, 1.165) is 12.0 Å². The van der Waals surface area contributed by atoms with Gasteiger partial charge in [-0.2, -0.15) is 0 Å². The Labute approximate surface area is 101 Å². The van der Waals surface area contributed by atoms with Crippen molar-refractivity contribution in [1.82, 2.24) is 0 Å². The van der Waals surface area contributed by atoms with E-state index in [9.17, 15) is 9.18 Å². The van der Waals surface area contributed by atoms with Gasteiger partial charge in [-0.25, -0.2) is 9.18 Å². The van der Waals surface area contributed by atoms with Gasteiger partial charge in [-0.3, -0.25) is 5.32 Å². The van der Waals surface area contributed by atoms with E-state index in [2.05, 4.69) is 5.32 Å². The Balaban J connectivity index is 2.77. The maximum absolute atomic E-state index is 13.4. The number of hydrogen-bond acceptors (Lipinski definition) is 2. The predicted molar refractivity (Wildman–Crippen MR) is 65.6 cm³/mol. The van der Waals surface area contributed by atoms with Crippen molar-refractivity contribution in [3.05, 3.63) is 29.6 Å². The van der Waals surface area contributed by atoms with Crippen LogP contribution in [0.4, 0.5) is 14.9 Å². The van der Waals surface area contributed by atoms with Crippen molar-refractivity contribution >= 4 is 11.8 Å². The van der Waals surface area contributed by atoms with E-state index < -0.39 is 17.5 Å². The van der Waals surface area contributed by atoms with Crippen molar-refractivity contribution in [2.75, 3.05) is 5.32 Å². The zero-order valence-electron chi connectivity index (χ0n) is 10.6. The Morgan fingerprint density at radius 3 is 2.59 bits per heavy atom. The van der Waals surface area contributed by atoms with Crippen LogP contribution in [0.2, 0.25) is 0 Å². The summed E-state index contributed by atoms with van der Waals surface area (Å²) in [6.07, 6.45) is 0.133. The van der Waals surface area contributed by atoms with Crippen molar-refractivity contribution in [2.24, 2.45) is 0 Å². The summed E-state index contributed by atoms with van der Waals surface area (Å²) in [7, 11) is 0. The van der Waals surface area contributed by atoms with Crippen LogP contribution in [0.1, 0.15) is 33.3 Å². The first-order valence-corrected chi connectivity index (χ1v) is 5.60. The lowest BCUT2D eigenvalue weighted by Gasteiger charge is -2.20. The van der Waals surface area contributed by atoms with Gasteiger partial charge in [-0.1, -0.05) is 13.0 Å². The molecule has 3 nitrogen and oxygen atoms in total. The van der Waals surface area contributed by atoms with Crippen LogP contribution in [0.25, 0.3) is 0 Å². The molecule has 0 aromatic heterocycles. The van der Waals surface area contributed by atoms with Gasteiger partial charge < -0.3 is 4.74 Å². The average molecular weight is 239 g/mol. The molecule has 0 fully saturated rings. The summed E-state index contributed by atoms with van der Waals surface area (Å²) in [5.74, 6) is -0.465. The van der Waals surface area contributed by atoms with Gasteiger partial charge in [-0.05, 0) is 44.9 Å². The maximum Gasteiger partial charge on any atom is 0.412 e. The number of carbonyl (C=O) groups is 1. The third kappa shape index (κ3) is 4.43. The van der Waals surface area contributed by atoms with Crippen LogP contribution in [0.5, 0.6) is 0 Å². The molecule has 1 amide bonds. The minimum Gasteiger partial charge on any atom is -0.444 e. The first kappa shape index (κ1) is 13.5. The zero-order valence-corrected chi connectivity index (χ0v) is 10.6. The quantitative estimate of drug-likeness (QED) is 0.853. The van der Waals surface area contributed by atoms with E-state index in [1.54, 1.807) is 32.9 Å². The number of carbonyl (C=O) groups excluding carboxylic acids is 1. The first-order chi connectivity index (χ1) is 7.81. The fraction of sp³-hybridized carbons (Fsp3) is 0.462. The molecule has 0 radical (unpaired) electrons. The minimum atomic E-state index is -0.648. The highest BCUT2D eigenvalue weighted by Crippen LogP contribution is 2.18. The summed E-state index contributed by atoms with van der Waals surface area (Å²) in [6, 6.07) is 4.64. The van der Waals surface area contributed by atoms with Gasteiger partial charge in [0.05, 0.1) is 5.69 Å². The molecule has 0 spiro atoms. The summed E-state index contributed by atoms with van der Waals surface area (Å²) in [5.41, 5.74) is 0.513. The van der Waals surface area contributed by atoms with E-state index >= 15 is 0 Å². The lowest BCUT2D eigenvalue weighted by Crippen LogP contribution is -2.27. The molecular weight excluding hydrogens is 221 g/mol. The van der Waals surface area contributed by atoms with Gasteiger partial charge in [0, 0.05) is 0 Å². The number of halogens is 1. The maximum atomic E-state index is 13.4. The molecule has 0 aliphatic heterocycles. The van der Waals surface area contributed by atoms with Crippen molar-refractivity contribution in [2.45, 2.75) is 39.7 Å². The van der Waals surface area contributed by atoms with Crippen LogP contribution >= 0.6 is 0 Å². The molecule has 1 aromatic rings. The number of rotatable bonds is 2. The molecule has 1 aromatic carbocycles. The van der Waals surface area contributed by atoms with Crippen molar-refractivity contribution in [1.29, 1.82) is 0 Å². The van der Waals surface area contributed by atoms with Gasteiger partial charge in [0.1, 0.15) is 11.4 Å². The second-order valence-corrected chi connectivity index (χ2v) is 4.79. The number of ether oxygens (including phenoxy) is 1. The smallest absolute Gasteiger partial charge is 0.412 e. The Morgan fingerprint density at radius 2 is 2.06 bits per heavy atom. The molecule has 0 aliphatic rings. The second-order valence-electron chi connectivity index (χ2n) is 4.79. The number of benzene rings is 1. The molecule has 0 saturated carbocycles. The Morgan fingerprint density at radius 1 is 1.41 bits per heavy atom. The monoisotopic (exact) mass is 239 g/mol. The molecule has 4 heteroatoms. The zero-order chi connectivity index (χ0) is 13.1. The molecule has 0 saturated heterocycles. The first-order valence-electron chi connectivity index (χ1n) is 5.60. The number of hydrogen-bond donors (Lipinski definition) is 1. The molecule has 1 rings (SSSR count). The third-order valence-corrected chi connectivity index (χ3v) is 2.07. The fourth-order valence-electron chi connectivity index (χ4n) is 1.30. The fourth-order valence-corrected chi connectivity index (χ4v) is 1.30. The second kappa shape index (κ2) is 5.17. The van der Waals surface area contributed by atoms with Crippen molar-refractivity contribution in [3.63, 3.8) is 0 Å². The molecular formula is C13H18FNO2. The van der Waals surface area contributed by atoms with E-state index in [4.69, 9.17) is 4.74 Å². The summed E-state index contributed by atoms with van der Waals surface area (Å²) in [5, 5.41) is 2.41. The van der Waals surface area contributed by atoms with Crippen LogP contribution < -0.4 is 5.32 Å². The lowest BCUT2D eigenvalue weighted by molar-refractivity contribution is 0.0635. The average Bonchev–Trinajstić information content (AvgIpc) is 2.18. The molecule has 0 heterocycles. The van der Waals surface area contributed by atoms with Crippen LogP contribution in [0.15, 0.2) is 18.2 Å². The van der Waals surface area contributed by atoms with Crippen LogP contribution in [0.3, 0.4) is 0 Å². The van der Waals surface area contributed by atoms with Crippen LogP contribution in [-0.2, 0) is 11.2 Å². The van der Waals surface area contributed by atoms with Gasteiger partial charge in [0.15, 0.2) is 0 Å². The molecule has 1 N–H and O–H groups in total. The highest BCUT2D eigenvalue weighted by atomic mass is 19.1. The molecule has 94 valence electrons. The summed E-state index contributed by atoms with van der Waals surface area (Å²) < 4.78 is 18.5. The predicted octanol–water partition coefficient (Wildman–Crippen LogP) is 3.74. The molecule has 17 heavy (non-hydrogen) atoms. The minimum absolute atomic E-state index is 0.151. The van der Waals surface area contributed by atoms with Crippen molar-refractivity contribution in [3.8, 4) is 0 Å². The summed E-state index contributed by atoms with van der Waals surface area (Å²) in [6.45, 7) is 7.23. The number of anilines is 1. The Bertz CT molecular complexity index is 410. The highest BCUT2D eigenvalue weighted by Gasteiger charge is 2.17. The van der Waals surface area contributed by atoms with E-state index in [1.165, 1.54) is 6.07 Å². The normalized spacial score (nSPS) is 11.1. The van der Waals surface area contributed by atoms with Gasteiger partial charge >= 0.3 is 6.09 Å². The van der Waals surface area contributed by atoms with Crippen molar-refractivity contribution < 1.29 is 13.9 Å².